The fraction of sp³-hybridized carbons (Fsp3) is 0.435. The normalized spacial score (nSPS) is 19.4. The second kappa shape index (κ2) is 9.38. The molecule has 2 aliphatic carbocycles. The Hall–Kier alpha value is -1.84. The number of nitrogens with two attached hydrogens (primary N) is 2. The van der Waals surface area contributed by atoms with Crippen LogP contribution in [-0.4, -0.2) is 5.91 Å². The van der Waals surface area contributed by atoms with E-state index in [4.69, 9.17) is 11.5 Å². The molecule has 0 bridgehead atoms. The summed E-state index contributed by atoms with van der Waals surface area (Å²) in [6.07, 6.45) is 8.90. The van der Waals surface area contributed by atoms with E-state index in [0.717, 1.165) is 44.1 Å². The smallest absolute Gasteiger partial charge is 0.228 e. The first-order chi connectivity index (χ1) is 12.6. The van der Waals surface area contributed by atoms with E-state index in [1.807, 2.05) is 36.4 Å². The van der Waals surface area contributed by atoms with E-state index in [0.29, 0.717) is 0 Å². The van der Waals surface area contributed by atoms with Crippen LogP contribution in [-0.2, 0) is 15.7 Å². The molecule has 4 N–H and O–H groups in total. The summed E-state index contributed by atoms with van der Waals surface area (Å²) in [5.41, 5.74) is 13.8. The highest BCUT2D eigenvalue weighted by atomic mass is 35.5. The molecule has 27 heavy (non-hydrogen) atoms. The van der Waals surface area contributed by atoms with Crippen LogP contribution < -0.4 is 11.5 Å². The van der Waals surface area contributed by atoms with Gasteiger partial charge in [-0.1, -0.05) is 86.3 Å². The van der Waals surface area contributed by atoms with Gasteiger partial charge < -0.3 is 11.5 Å². The molecule has 0 heterocycles. The highest BCUT2D eigenvalue weighted by Crippen LogP contribution is 2.40. The van der Waals surface area contributed by atoms with Crippen molar-refractivity contribution in [1.29, 1.82) is 0 Å². The lowest BCUT2D eigenvalue weighted by molar-refractivity contribution is -0.123. The van der Waals surface area contributed by atoms with Crippen molar-refractivity contribution in [1.82, 2.24) is 0 Å². The van der Waals surface area contributed by atoms with Crippen LogP contribution in [0, 0.1) is 0 Å². The van der Waals surface area contributed by atoms with Crippen molar-refractivity contribution >= 4 is 18.3 Å². The van der Waals surface area contributed by atoms with Crippen LogP contribution in [0.5, 0.6) is 0 Å². The summed E-state index contributed by atoms with van der Waals surface area (Å²) in [7, 11) is 0. The molecule has 4 heteroatoms. The van der Waals surface area contributed by atoms with Gasteiger partial charge in [-0.2, -0.15) is 0 Å². The van der Waals surface area contributed by atoms with Gasteiger partial charge in [-0.15, -0.1) is 12.4 Å². The second-order valence-corrected chi connectivity index (χ2v) is 7.75. The third-order valence-electron chi connectivity index (χ3n) is 6.10. The number of amides is 1. The number of hydrogen-bond acceptors (Lipinski definition) is 2. The van der Waals surface area contributed by atoms with Crippen LogP contribution in [0.15, 0.2) is 60.7 Å². The monoisotopic (exact) mass is 386 g/mol. The van der Waals surface area contributed by atoms with Gasteiger partial charge in [0.1, 0.15) is 0 Å². The van der Waals surface area contributed by atoms with Crippen LogP contribution in [0.1, 0.15) is 62.5 Å². The van der Waals surface area contributed by atoms with E-state index in [2.05, 4.69) is 24.3 Å². The summed E-state index contributed by atoms with van der Waals surface area (Å²) >= 11 is 0. The zero-order valence-electron chi connectivity index (χ0n) is 15.9. The third-order valence-corrected chi connectivity index (χ3v) is 6.10. The van der Waals surface area contributed by atoms with Crippen molar-refractivity contribution < 1.29 is 4.79 Å². The molecular formula is C23H31ClN2O. The maximum absolute atomic E-state index is 11.5. The van der Waals surface area contributed by atoms with Crippen LogP contribution in [0.3, 0.4) is 0 Å². The van der Waals surface area contributed by atoms with E-state index in [1.54, 1.807) is 0 Å². The number of carbonyl (C=O) groups is 1. The first-order valence-electron chi connectivity index (χ1n) is 9.77. The Morgan fingerprint density at radius 3 is 1.56 bits per heavy atom. The quantitative estimate of drug-likeness (QED) is 0.793. The molecule has 0 spiro atoms. The summed E-state index contributed by atoms with van der Waals surface area (Å²) in [6.45, 7) is 0. The number of halogens is 1. The number of rotatable bonds is 3. The number of primary amides is 1. The van der Waals surface area contributed by atoms with E-state index in [-0.39, 0.29) is 29.3 Å². The van der Waals surface area contributed by atoms with Gasteiger partial charge in [-0.25, -0.2) is 0 Å². The van der Waals surface area contributed by atoms with E-state index in [1.165, 1.54) is 18.4 Å². The molecule has 2 aromatic carbocycles. The number of benzene rings is 2. The van der Waals surface area contributed by atoms with Crippen molar-refractivity contribution in [2.24, 2.45) is 11.5 Å². The van der Waals surface area contributed by atoms with Crippen LogP contribution in [0.25, 0.3) is 0 Å². The predicted molar refractivity (Wildman–Crippen MR) is 114 cm³/mol. The average Bonchev–Trinajstić information content (AvgIpc) is 3.35. The van der Waals surface area contributed by atoms with Gasteiger partial charge in [0, 0.05) is 5.54 Å². The Balaban J connectivity index is 0.000000189. The molecule has 2 fully saturated rings. The minimum Gasteiger partial charge on any atom is -0.369 e. The fourth-order valence-corrected chi connectivity index (χ4v) is 4.48. The summed E-state index contributed by atoms with van der Waals surface area (Å²) in [5, 5.41) is 0. The Kier molecular flexibility index (Phi) is 7.46. The van der Waals surface area contributed by atoms with Crippen molar-refractivity contribution in [2.75, 3.05) is 0 Å². The van der Waals surface area contributed by atoms with Gasteiger partial charge in [0.2, 0.25) is 5.91 Å². The Morgan fingerprint density at radius 1 is 0.704 bits per heavy atom. The van der Waals surface area contributed by atoms with Crippen molar-refractivity contribution in [3.05, 3.63) is 71.8 Å². The second-order valence-electron chi connectivity index (χ2n) is 7.75. The van der Waals surface area contributed by atoms with Crippen LogP contribution in [0.2, 0.25) is 0 Å². The largest absolute Gasteiger partial charge is 0.369 e. The molecule has 2 aromatic rings. The molecular weight excluding hydrogens is 356 g/mol. The first-order valence-corrected chi connectivity index (χ1v) is 9.77. The van der Waals surface area contributed by atoms with E-state index >= 15 is 0 Å². The van der Waals surface area contributed by atoms with Crippen LogP contribution >= 0.6 is 12.4 Å². The average molecular weight is 387 g/mol. The molecule has 0 unspecified atom stereocenters. The SMILES string of the molecule is Cl.NC(=O)C1(c2ccccc2)CCCC1.NC1(c2ccccc2)CCCC1. The van der Waals surface area contributed by atoms with Crippen molar-refractivity contribution in [3.63, 3.8) is 0 Å². The van der Waals surface area contributed by atoms with Crippen LogP contribution in [0.4, 0.5) is 0 Å². The molecule has 0 saturated heterocycles. The third kappa shape index (κ3) is 4.72. The molecule has 146 valence electrons. The molecule has 0 radical (unpaired) electrons. The zero-order valence-corrected chi connectivity index (χ0v) is 16.7. The topological polar surface area (TPSA) is 69.1 Å². The lowest BCUT2D eigenvalue weighted by Crippen LogP contribution is -2.38. The minimum atomic E-state index is -0.374. The summed E-state index contributed by atoms with van der Waals surface area (Å²) in [5.74, 6) is -0.166. The standard InChI is InChI=1S/C12H15NO.C11H15N.ClH/c13-11(14)12(8-4-5-9-12)10-6-2-1-3-7-10;12-11(8-4-5-9-11)10-6-2-1-3-7-10;/h1-3,6-7H,4-5,8-9H2,(H2,13,14);1-3,6-7H,4-5,8-9,12H2;1H. The Labute approximate surface area is 168 Å². The molecule has 4 rings (SSSR count). The first kappa shape index (κ1) is 21.5. The molecule has 0 aliphatic heterocycles. The minimum absolute atomic E-state index is 0. The van der Waals surface area contributed by atoms with Gasteiger partial charge in [0.05, 0.1) is 5.41 Å². The Bertz CT molecular complexity index is 706. The van der Waals surface area contributed by atoms with Crippen molar-refractivity contribution in [2.45, 2.75) is 62.3 Å². The van der Waals surface area contributed by atoms with Gasteiger partial charge >= 0.3 is 0 Å². The number of hydrogen-bond donors (Lipinski definition) is 2. The molecule has 0 aromatic heterocycles. The lowest BCUT2D eigenvalue weighted by atomic mass is 9.78. The summed E-state index contributed by atoms with van der Waals surface area (Å²) in [4.78, 5) is 11.5. The molecule has 2 saturated carbocycles. The van der Waals surface area contributed by atoms with Gasteiger partial charge in [0.15, 0.2) is 0 Å². The van der Waals surface area contributed by atoms with Gasteiger partial charge in [-0.3, -0.25) is 4.79 Å². The van der Waals surface area contributed by atoms with Gasteiger partial charge in [-0.05, 0) is 36.8 Å². The maximum Gasteiger partial charge on any atom is 0.228 e. The highest BCUT2D eigenvalue weighted by Gasteiger charge is 2.40. The predicted octanol–water partition coefficient (Wildman–Crippen LogP) is 4.82. The number of carbonyl (C=O) groups excluding carboxylic acids is 1. The zero-order chi connectivity index (χ0) is 18.5. The van der Waals surface area contributed by atoms with Gasteiger partial charge in [0.25, 0.3) is 0 Å². The fourth-order valence-electron chi connectivity index (χ4n) is 4.48. The molecule has 3 nitrogen and oxygen atoms in total. The molecule has 2 aliphatic rings. The van der Waals surface area contributed by atoms with E-state index in [9.17, 15) is 4.79 Å². The lowest BCUT2D eigenvalue weighted by Gasteiger charge is -2.25. The molecule has 0 atom stereocenters. The Morgan fingerprint density at radius 2 is 1.11 bits per heavy atom. The van der Waals surface area contributed by atoms with Crippen molar-refractivity contribution in [3.8, 4) is 0 Å². The summed E-state index contributed by atoms with van der Waals surface area (Å²) in [6, 6.07) is 20.4. The molecule has 1 amide bonds. The maximum atomic E-state index is 11.5. The van der Waals surface area contributed by atoms with E-state index < -0.39 is 0 Å². The summed E-state index contributed by atoms with van der Waals surface area (Å²) < 4.78 is 0. The highest BCUT2D eigenvalue weighted by molar-refractivity contribution is 5.87.